The summed E-state index contributed by atoms with van der Waals surface area (Å²) in [7, 11) is 1.33. The summed E-state index contributed by atoms with van der Waals surface area (Å²) in [5.41, 5.74) is 6.19. The van der Waals surface area contributed by atoms with Crippen LogP contribution in [0.3, 0.4) is 0 Å². The Morgan fingerprint density at radius 1 is 1.57 bits per heavy atom. The van der Waals surface area contributed by atoms with Gasteiger partial charge in [-0.2, -0.15) is 0 Å². The third-order valence-corrected chi connectivity index (χ3v) is 1.89. The normalized spacial score (nSPS) is 13.2. The van der Waals surface area contributed by atoms with Gasteiger partial charge < -0.3 is 10.5 Å². The molecule has 0 unspecified atom stereocenters. The third-order valence-electron chi connectivity index (χ3n) is 1.89. The van der Waals surface area contributed by atoms with Crippen molar-refractivity contribution < 1.29 is 9.66 Å². The van der Waals surface area contributed by atoms with Gasteiger partial charge in [0.05, 0.1) is 12.0 Å². The van der Waals surface area contributed by atoms with Gasteiger partial charge in [-0.1, -0.05) is 0 Å². The van der Waals surface area contributed by atoms with Gasteiger partial charge in [-0.25, -0.2) is 0 Å². The minimum Gasteiger partial charge on any atom is -0.491 e. The smallest absolute Gasteiger partial charge is 0.313 e. The van der Waals surface area contributed by atoms with E-state index in [0.29, 0.717) is 11.1 Å². The highest BCUT2D eigenvalue weighted by atomic mass is 16.6. The van der Waals surface area contributed by atoms with Crippen LogP contribution in [0.4, 0.5) is 0 Å². The van der Waals surface area contributed by atoms with Crippen molar-refractivity contribution in [2.75, 3.05) is 7.11 Å². The molecule has 0 fully saturated rings. The molecule has 0 saturated heterocycles. The van der Waals surface area contributed by atoms with Crippen molar-refractivity contribution >= 4 is 0 Å². The predicted octanol–water partition coefficient (Wildman–Crippen LogP) is 1.56. The van der Waals surface area contributed by atoms with Gasteiger partial charge in [-0.15, -0.1) is 0 Å². The molecule has 0 bridgehead atoms. The Balaban J connectivity index is 5.38. The summed E-state index contributed by atoms with van der Waals surface area (Å²) >= 11 is 0. The van der Waals surface area contributed by atoms with Gasteiger partial charge in [-0.05, 0) is 32.2 Å². The minimum atomic E-state index is -0.534. The Bertz CT molecular complexity index is 316. The molecule has 0 amide bonds. The number of nitrogens with zero attached hydrogens (tertiary/aromatic N) is 1. The highest BCUT2D eigenvalue weighted by Gasteiger charge is 2.20. The molecular formula is C9H14N2O3. The maximum Gasteiger partial charge on any atom is 0.313 e. The van der Waals surface area contributed by atoms with E-state index in [1.54, 1.807) is 13.8 Å². The summed E-state index contributed by atoms with van der Waals surface area (Å²) in [6.45, 7) is 6.72. The molecule has 0 aromatic rings. The molecule has 0 heterocycles. The SMILES string of the molecule is C=C(OC)/C(=C(C)\C(C)=C/N)[N+](=O)[O-]. The maximum absolute atomic E-state index is 10.7. The molecule has 0 atom stereocenters. The molecule has 0 saturated carbocycles. The monoisotopic (exact) mass is 198 g/mol. The number of nitro groups is 1. The number of nitrogens with two attached hydrogens (primary N) is 1. The molecule has 0 aromatic carbocycles. The summed E-state index contributed by atoms with van der Waals surface area (Å²) in [5, 5.41) is 10.7. The Morgan fingerprint density at radius 3 is 2.36 bits per heavy atom. The second-order valence-electron chi connectivity index (χ2n) is 2.71. The zero-order valence-electron chi connectivity index (χ0n) is 8.53. The lowest BCUT2D eigenvalue weighted by atomic mass is 10.1. The summed E-state index contributed by atoms with van der Waals surface area (Å²) in [6.07, 6.45) is 1.31. The fourth-order valence-electron chi connectivity index (χ4n) is 0.856. The lowest BCUT2D eigenvalue weighted by molar-refractivity contribution is -0.425. The minimum absolute atomic E-state index is 0.0219. The number of allylic oxidation sites excluding steroid dienone is 2. The number of hydrogen-bond acceptors (Lipinski definition) is 4. The van der Waals surface area contributed by atoms with Gasteiger partial charge in [0.2, 0.25) is 0 Å². The van der Waals surface area contributed by atoms with E-state index in [1.807, 2.05) is 0 Å². The Kier molecular flexibility index (Phi) is 4.42. The molecular weight excluding hydrogens is 184 g/mol. The highest BCUT2D eigenvalue weighted by Crippen LogP contribution is 2.19. The van der Waals surface area contributed by atoms with Crippen LogP contribution in [0.5, 0.6) is 0 Å². The van der Waals surface area contributed by atoms with E-state index in [9.17, 15) is 10.1 Å². The first-order valence-electron chi connectivity index (χ1n) is 3.93. The highest BCUT2D eigenvalue weighted by molar-refractivity contribution is 5.35. The van der Waals surface area contributed by atoms with Crippen LogP contribution in [0.1, 0.15) is 13.8 Å². The van der Waals surface area contributed by atoms with Gasteiger partial charge in [0.15, 0.2) is 5.76 Å². The van der Waals surface area contributed by atoms with Gasteiger partial charge >= 0.3 is 5.70 Å². The van der Waals surface area contributed by atoms with E-state index in [4.69, 9.17) is 10.5 Å². The number of rotatable bonds is 4. The second kappa shape index (κ2) is 5.06. The van der Waals surface area contributed by atoms with E-state index in [1.165, 1.54) is 13.3 Å². The topological polar surface area (TPSA) is 78.4 Å². The van der Waals surface area contributed by atoms with Crippen molar-refractivity contribution in [2.45, 2.75) is 13.8 Å². The van der Waals surface area contributed by atoms with Crippen molar-refractivity contribution in [2.24, 2.45) is 5.73 Å². The van der Waals surface area contributed by atoms with Crippen LogP contribution >= 0.6 is 0 Å². The molecule has 2 N–H and O–H groups in total. The molecule has 0 rings (SSSR count). The fraction of sp³-hybridized carbons (Fsp3) is 0.333. The van der Waals surface area contributed by atoms with Crippen LogP contribution in [0, 0.1) is 10.1 Å². The summed E-state index contributed by atoms with van der Waals surface area (Å²) in [5.74, 6) is 0.0219. The average Bonchev–Trinajstić information content (AvgIpc) is 2.15. The third kappa shape index (κ3) is 2.62. The van der Waals surface area contributed by atoms with Crippen molar-refractivity contribution in [1.82, 2.24) is 0 Å². The zero-order valence-corrected chi connectivity index (χ0v) is 8.53. The predicted molar refractivity (Wildman–Crippen MR) is 53.8 cm³/mol. The molecule has 0 aliphatic rings. The van der Waals surface area contributed by atoms with Crippen molar-refractivity contribution in [1.29, 1.82) is 0 Å². The molecule has 0 spiro atoms. The molecule has 5 nitrogen and oxygen atoms in total. The number of hydrogen-bond donors (Lipinski definition) is 1. The lowest BCUT2D eigenvalue weighted by Gasteiger charge is -2.05. The standard InChI is InChI=1S/C9H14N2O3/c1-6(5-10)7(2)9(11(12)13)8(3)14-4/h5H,3,10H2,1-2,4H3/b6-5-,9-7+. The molecule has 0 aliphatic heterocycles. The first-order valence-corrected chi connectivity index (χ1v) is 3.93. The quantitative estimate of drug-likeness (QED) is 0.322. The van der Waals surface area contributed by atoms with E-state index in [2.05, 4.69) is 6.58 Å². The number of methoxy groups -OCH3 is 1. The molecule has 0 aromatic heterocycles. The van der Waals surface area contributed by atoms with Crippen molar-refractivity contribution in [3.8, 4) is 0 Å². The van der Waals surface area contributed by atoms with Crippen LogP contribution in [0.15, 0.2) is 35.4 Å². The largest absolute Gasteiger partial charge is 0.491 e. The average molecular weight is 198 g/mol. The Hall–Kier alpha value is -1.78. The van der Waals surface area contributed by atoms with Crippen LogP contribution in [-0.4, -0.2) is 12.0 Å². The Labute approximate surface area is 82.7 Å². The van der Waals surface area contributed by atoms with Gasteiger partial charge in [0.1, 0.15) is 0 Å². The van der Waals surface area contributed by atoms with Crippen molar-refractivity contribution in [3.63, 3.8) is 0 Å². The first kappa shape index (κ1) is 12.2. The summed E-state index contributed by atoms with van der Waals surface area (Å²) in [6, 6.07) is 0. The molecule has 0 radical (unpaired) electrons. The van der Waals surface area contributed by atoms with Crippen LogP contribution in [-0.2, 0) is 4.74 Å². The van der Waals surface area contributed by atoms with Crippen LogP contribution in [0.2, 0.25) is 0 Å². The first-order chi connectivity index (χ1) is 6.45. The fourth-order valence-corrected chi connectivity index (χ4v) is 0.856. The lowest BCUT2D eigenvalue weighted by Crippen LogP contribution is -2.07. The molecule has 14 heavy (non-hydrogen) atoms. The van der Waals surface area contributed by atoms with Gasteiger partial charge in [0.25, 0.3) is 0 Å². The van der Waals surface area contributed by atoms with E-state index < -0.39 is 4.92 Å². The van der Waals surface area contributed by atoms with E-state index in [0.717, 1.165) is 0 Å². The number of ether oxygens (including phenoxy) is 1. The van der Waals surface area contributed by atoms with Crippen LogP contribution < -0.4 is 5.73 Å². The van der Waals surface area contributed by atoms with E-state index in [-0.39, 0.29) is 11.5 Å². The van der Waals surface area contributed by atoms with E-state index >= 15 is 0 Å². The molecule has 78 valence electrons. The molecule has 0 aliphatic carbocycles. The second-order valence-corrected chi connectivity index (χ2v) is 2.71. The zero-order chi connectivity index (χ0) is 11.3. The Morgan fingerprint density at radius 2 is 2.07 bits per heavy atom. The van der Waals surface area contributed by atoms with Crippen LogP contribution in [0.25, 0.3) is 0 Å². The van der Waals surface area contributed by atoms with Crippen molar-refractivity contribution in [3.05, 3.63) is 45.5 Å². The molecule has 5 heteroatoms. The maximum atomic E-state index is 10.7. The van der Waals surface area contributed by atoms with Gasteiger partial charge in [-0.3, -0.25) is 10.1 Å². The van der Waals surface area contributed by atoms with Gasteiger partial charge in [0, 0.05) is 5.57 Å². The summed E-state index contributed by atoms with van der Waals surface area (Å²) < 4.78 is 4.73. The summed E-state index contributed by atoms with van der Waals surface area (Å²) in [4.78, 5) is 10.2.